The molecule has 4 atom stereocenters. The van der Waals surface area contributed by atoms with E-state index < -0.39 is 26.3 Å². The minimum atomic E-state index is -4.55. The van der Waals surface area contributed by atoms with Crippen LogP contribution in [0.25, 0.3) is 22.0 Å². The van der Waals surface area contributed by atoms with E-state index in [9.17, 15) is 28.6 Å². The number of aromatic nitrogens is 5. The van der Waals surface area contributed by atoms with Crippen molar-refractivity contribution in [1.29, 1.82) is 0 Å². The van der Waals surface area contributed by atoms with E-state index in [0.29, 0.717) is 44.8 Å². The van der Waals surface area contributed by atoms with E-state index in [1.165, 1.54) is 11.6 Å². The average molecular weight is 959 g/mol. The summed E-state index contributed by atoms with van der Waals surface area (Å²) in [6.07, 6.45) is 4.11. The second-order valence-electron chi connectivity index (χ2n) is 14.9. The number of allylic oxidation sites excluding steroid dienone is 1. The Morgan fingerprint density at radius 1 is 0.954 bits per heavy atom. The molecule has 16 nitrogen and oxygen atoms in total. The largest absolute Gasteiger partial charge is 0.487 e. The molecule has 4 aromatic rings. The minimum absolute atomic E-state index is 0.0678. The summed E-state index contributed by atoms with van der Waals surface area (Å²) in [5.74, 6) is 0.0558. The number of piperidine rings is 1. The number of phosphoric acid groups is 1. The van der Waals surface area contributed by atoms with Crippen LogP contribution in [0.5, 0.6) is 0 Å². The Morgan fingerprint density at radius 3 is 2.37 bits per heavy atom. The molecule has 3 aromatic heterocycles. The lowest BCUT2D eigenvalue weighted by Gasteiger charge is -2.27. The lowest BCUT2D eigenvalue weighted by Crippen LogP contribution is -2.47. The fourth-order valence-corrected chi connectivity index (χ4v) is 8.05. The van der Waals surface area contributed by atoms with Gasteiger partial charge in [-0.25, -0.2) is 19.5 Å². The first-order valence-corrected chi connectivity index (χ1v) is 22.4. The number of ketones is 2. The van der Waals surface area contributed by atoms with Crippen molar-refractivity contribution in [2.75, 3.05) is 31.7 Å². The number of rotatable bonds is 17. The maximum atomic E-state index is 13.9. The third-order valence-electron chi connectivity index (χ3n) is 10.2. The summed E-state index contributed by atoms with van der Waals surface area (Å²) in [6, 6.07) is 6.67. The molecular formula is C47H41BrN7O9P. The van der Waals surface area contributed by atoms with Crippen molar-refractivity contribution < 1.29 is 42.4 Å². The number of nitrogens with zero attached hydrogens (tertiary/aromatic N) is 6. The molecule has 2 N–H and O–H groups in total. The van der Waals surface area contributed by atoms with Gasteiger partial charge in [0.05, 0.1) is 12.1 Å². The molecule has 1 saturated carbocycles. The summed E-state index contributed by atoms with van der Waals surface area (Å²) in [6.45, 7) is 9.20. The van der Waals surface area contributed by atoms with Crippen LogP contribution in [-0.4, -0.2) is 90.3 Å². The van der Waals surface area contributed by atoms with E-state index in [4.69, 9.17) is 13.8 Å². The smallest absolute Gasteiger partial charge is 0.472 e. The van der Waals surface area contributed by atoms with Gasteiger partial charge in [-0.05, 0) is 141 Å². The topological polar surface area (TPSA) is 205 Å². The molecule has 1 aliphatic heterocycles. The Labute approximate surface area is 382 Å². The first-order chi connectivity index (χ1) is 31.1. The summed E-state index contributed by atoms with van der Waals surface area (Å²) < 4.78 is 29.4. The van der Waals surface area contributed by atoms with E-state index in [-0.39, 0.29) is 73.5 Å². The highest BCUT2D eigenvalue weighted by molar-refractivity contribution is 9.10. The lowest BCUT2D eigenvalue weighted by molar-refractivity contribution is -0.138. The van der Waals surface area contributed by atoms with Crippen molar-refractivity contribution in [3.8, 4) is 11.1 Å². The van der Waals surface area contributed by atoms with Crippen molar-refractivity contribution in [3.05, 3.63) is 134 Å². The number of hydrogen-bond donors (Lipinski definition) is 2. The summed E-state index contributed by atoms with van der Waals surface area (Å²) in [5, 5.41) is 8.05. The summed E-state index contributed by atoms with van der Waals surface area (Å²) in [5.41, 5.74) is 28.6. The van der Waals surface area contributed by atoms with Crippen LogP contribution in [0, 0.1) is 25.7 Å². The zero-order valence-electron chi connectivity index (χ0n) is 35.8. The number of pyridine rings is 1. The van der Waals surface area contributed by atoms with Gasteiger partial charge in [-0.3, -0.25) is 32.9 Å². The van der Waals surface area contributed by atoms with Gasteiger partial charge in [0.15, 0.2) is 11.6 Å². The van der Waals surface area contributed by atoms with Crippen molar-refractivity contribution >= 4 is 63.9 Å². The SMILES string of the molecule is C=C=C=C=C=C=C=C=C=C=C=C(C)OCCOP(=O)(O)OCC(=O)CCc1ncc(-c2cc(C)c3c(c2)c(C(C)=O)nn3CC(=O)N2C[C@H]3C[C@H]3[C@H]2C(=O)Nc2nc(Br)ccc2C)cn1. The van der Waals surface area contributed by atoms with E-state index >= 15 is 0 Å². The molecule has 0 radical (unpaired) electrons. The number of amides is 2. The standard InChI is InChI=1S/C47H41BrN7O9P/c1-6-7-8-9-10-11-12-13-14-15-32(4)62-20-21-63-65(60,61)64-29-37(57)17-19-41-49-25-36(26-50-41)34-22-31(3)44-39(23-34)43(33(5)56)53-55(44)28-42(58)54-27-35-24-38(35)45(54)47(59)52-46-30(2)16-18-40(48)51-46/h16,18,22-23,25-26,35,38,45H,1,17,19-21,24,27-29H2,2-5H3,(H,60,61)(H,51,52,59)/t35-,38-,45+/m1/s1. The van der Waals surface area contributed by atoms with Gasteiger partial charge in [0, 0.05) is 56.6 Å². The number of phosphoric ester groups is 1. The van der Waals surface area contributed by atoms with Crippen LogP contribution in [0.2, 0.25) is 0 Å². The van der Waals surface area contributed by atoms with Gasteiger partial charge < -0.3 is 19.8 Å². The van der Waals surface area contributed by atoms with Crippen LogP contribution in [0.3, 0.4) is 0 Å². The second kappa shape index (κ2) is 21.7. The average Bonchev–Trinajstić information content (AvgIpc) is 3.77. The molecule has 1 saturated heterocycles. The Kier molecular flexibility index (Phi) is 15.9. The fourth-order valence-electron chi connectivity index (χ4n) is 7.05. The molecule has 6 rings (SSSR count). The number of nitrogens with one attached hydrogen (secondary N) is 1. The van der Waals surface area contributed by atoms with Crippen LogP contribution < -0.4 is 5.32 Å². The van der Waals surface area contributed by atoms with Gasteiger partial charge in [-0.2, -0.15) is 5.10 Å². The number of carbonyl (C=O) groups excluding carboxylic acids is 4. The molecule has 1 aliphatic carbocycles. The van der Waals surface area contributed by atoms with E-state index in [1.807, 2.05) is 26.0 Å². The Balaban J connectivity index is 1.02. The number of anilines is 1. The molecule has 2 amide bonds. The van der Waals surface area contributed by atoms with Gasteiger partial charge in [-0.1, -0.05) is 11.8 Å². The number of hydrogen-bond acceptors (Lipinski definition) is 12. The summed E-state index contributed by atoms with van der Waals surface area (Å²) in [7, 11) is -4.55. The first-order valence-electron chi connectivity index (χ1n) is 20.1. The predicted octanol–water partition coefficient (Wildman–Crippen LogP) is 6.69. The van der Waals surface area contributed by atoms with Crippen LogP contribution in [-0.2, 0) is 45.7 Å². The highest BCUT2D eigenvalue weighted by Gasteiger charge is 2.57. The third kappa shape index (κ3) is 12.9. The Morgan fingerprint density at radius 2 is 1.66 bits per heavy atom. The van der Waals surface area contributed by atoms with Crippen LogP contribution in [0.15, 0.2) is 111 Å². The molecule has 2 fully saturated rings. The van der Waals surface area contributed by atoms with E-state index in [0.717, 1.165) is 17.5 Å². The molecule has 0 bridgehead atoms. The maximum absolute atomic E-state index is 13.9. The molecule has 65 heavy (non-hydrogen) atoms. The number of likely N-dealkylation sites (tertiary alicyclic amines) is 1. The summed E-state index contributed by atoms with van der Waals surface area (Å²) >= 11 is 3.35. The molecule has 1 aromatic carbocycles. The number of aryl methyl sites for hydroxylation is 3. The lowest BCUT2D eigenvalue weighted by atomic mass is 10.0. The zero-order valence-corrected chi connectivity index (χ0v) is 38.3. The third-order valence-corrected chi connectivity index (χ3v) is 11.6. The van der Waals surface area contributed by atoms with Crippen LogP contribution >= 0.6 is 23.8 Å². The highest BCUT2D eigenvalue weighted by Crippen LogP contribution is 2.50. The number of ether oxygens (including phenoxy) is 1. The molecule has 2 aliphatic rings. The highest BCUT2D eigenvalue weighted by atomic mass is 79.9. The van der Waals surface area contributed by atoms with Crippen LogP contribution in [0.4, 0.5) is 5.82 Å². The molecular weight excluding hydrogens is 917 g/mol. The monoisotopic (exact) mass is 957 g/mol. The van der Waals surface area contributed by atoms with Gasteiger partial charge in [0.2, 0.25) is 11.8 Å². The van der Waals surface area contributed by atoms with E-state index in [1.54, 1.807) is 36.4 Å². The normalized spacial score (nSPS) is 16.2. The van der Waals surface area contributed by atoms with Crippen molar-refractivity contribution in [2.45, 2.75) is 59.5 Å². The first kappa shape index (κ1) is 47.6. The molecule has 4 heterocycles. The molecule has 18 heteroatoms. The number of carbonyl (C=O) groups is 4. The van der Waals surface area contributed by atoms with E-state index in [2.05, 4.69) is 105 Å². The van der Waals surface area contributed by atoms with Gasteiger partial charge >= 0.3 is 7.82 Å². The number of halogens is 1. The van der Waals surface area contributed by atoms with Crippen molar-refractivity contribution in [1.82, 2.24) is 29.6 Å². The van der Waals surface area contributed by atoms with Gasteiger partial charge in [0.25, 0.3) is 0 Å². The number of Topliss-reactive ketones (excluding diaryl/α,β-unsaturated/α-hetero) is 2. The second-order valence-corrected chi connectivity index (χ2v) is 17.2. The fraction of sp³-hybridized carbons (Fsp3) is 0.319. The Bertz CT molecular complexity index is 3050. The van der Waals surface area contributed by atoms with Gasteiger partial charge in [-0.15, -0.1) is 0 Å². The minimum Gasteiger partial charge on any atom is -0.487 e. The van der Waals surface area contributed by atoms with Crippen molar-refractivity contribution in [2.24, 2.45) is 11.8 Å². The summed E-state index contributed by atoms with van der Waals surface area (Å²) in [4.78, 5) is 77.7. The van der Waals surface area contributed by atoms with Crippen LogP contribution in [0.1, 0.15) is 54.1 Å². The molecule has 0 spiro atoms. The zero-order chi connectivity index (χ0) is 46.7. The number of benzene rings is 1. The maximum Gasteiger partial charge on any atom is 0.472 e. The quantitative estimate of drug-likeness (QED) is 0.0283. The molecule has 1 unspecified atom stereocenters. The Hall–Kier alpha value is -6.87. The van der Waals surface area contributed by atoms with Crippen molar-refractivity contribution in [3.63, 3.8) is 0 Å². The molecule has 330 valence electrons. The predicted molar refractivity (Wildman–Crippen MR) is 239 cm³/mol. The number of fused-ring (bicyclic) bond motifs is 2. The van der Waals surface area contributed by atoms with Gasteiger partial charge in [0.1, 0.15) is 53.5 Å².